The van der Waals surface area contributed by atoms with Crippen LogP contribution in [0.15, 0.2) is 23.1 Å². The molecule has 0 heterocycles. The van der Waals surface area contributed by atoms with E-state index >= 15 is 0 Å². The molecule has 1 atom stereocenters. The maximum atomic E-state index is 12.0. The van der Waals surface area contributed by atoms with E-state index in [0.29, 0.717) is 12.3 Å². The number of carboxylic acids is 1. The molecule has 0 aliphatic carbocycles. The van der Waals surface area contributed by atoms with Gasteiger partial charge in [0.25, 0.3) is 0 Å². The Hall–Kier alpha value is -1.64. The van der Waals surface area contributed by atoms with Crippen LogP contribution in [0.1, 0.15) is 17.3 Å². The molecular formula is C13H20N2O5S. The summed E-state index contributed by atoms with van der Waals surface area (Å²) in [6, 6.07) is 3.87. The van der Waals surface area contributed by atoms with Crippen LogP contribution in [0, 0.1) is 0 Å². The zero-order valence-corrected chi connectivity index (χ0v) is 13.3. The molecule has 7 nitrogen and oxygen atoms in total. The average molecular weight is 316 g/mol. The van der Waals surface area contributed by atoms with E-state index < -0.39 is 16.0 Å². The minimum atomic E-state index is -3.67. The number of hydrogen-bond acceptors (Lipinski definition) is 5. The van der Waals surface area contributed by atoms with Gasteiger partial charge in [0.1, 0.15) is 0 Å². The summed E-state index contributed by atoms with van der Waals surface area (Å²) in [5.74, 6) is -1.20. The Morgan fingerprint density at radius 1 is 1.43 bits per heavy atom. The summed E-state index contributed by atoms with van der Waals surface area (Å²) in [6.45, 7) is 2.23. The zero-order valence-electron chi connectivity index (χ0n) is 12.5. The van der Waals surface area contributed by atoms with Crippen molar-refractivity contribution >= 4 is 21.7 Å². The third kappa shape index (κ3) is 4.16. The van der Waals surface area contributed by atoms with E-state index in [2.05, 4.69) is 5.32 Å². The molecule has 0 bridgehead atoms. The second-order valence-corrected chi connectivity index (χ2v) is 6.95. The number of carbonyl (C=O) groups is 1. The molecule has 0 saturated carbocycles. The average Bonchev–Trinajstić information content (AvgIpc) is 2.38. The van der Waals surface area contributed by atoms with E-state index in [0.717, 1.165) is 10.4 Å². The Bertz CT molecular complexity index is 613. The molecule has 0 spiro atoms. The fourth-order valence-electron chi connectivity index (χ4n) is 1.75. The van der Waals surface area contributed by atoms with Crippen LogP contribution in [0.25, 0.3) is 0 Å². The lowest BCUT2D eigenvalue weighted by molar-refractivity contribution is 0.0697. The molecule has 2 N–H and O–H groups in total. The van der Waals surface area contributed by atoms with E-state index in [1.165, 1.54) is 26.2 Å². The molecule has 0 fully saturated rings. The van der Waals surface area contributed by atoms with Gasteiger partial charge in [0.15, 0.2) is 0 Å². The van der Waals surface area contributed by atoms with Crippen molar-refractivity contribution in [2.24, 2.45) is 0 Å². The Labute approximate surface area is 124 Å². The number of aromatic carboxylic acids is 1. The Balaban J connectivity index is 3.23. The summed E-state index contributed by atoms with van der Waals surface area (Å²) >= 11 is 0. The number of ether oxygens (including phenoxy) is 1. The molecule has 1 aromatic rings. The van der Waals surface area contributed by atoms with Crippen molar-refractivity contribution in [3.63, 3.8) is 0 Å². The molecular weight excluding hydrogens is 296 g/mol. The van der Waals surface area contributed by atoms with Crippen LogP contribution in [0.3, 0.4) is 0 Å². The molecule has 1 rings (SSSR count). The molecule has 1 unspecified atom stereocenters. The van der Waals surface area contributed by atoms with E-state index in [-0.39, 0.29) is 16.5 Å². The molecule has 8 heteroatoms. The number of nitrogens with zero attached hydrogens (tertiary/aromatic N) is 1. The molecule has 21 heavy (non-hydrogen) atoms. The number of rotatable bonds is 7. The van der Waals surface area contributed by atoms with Gasteiger partial charge in [0, 0.05) is 32.9 Å². The first-order valence-corrected chi connectivity index (χ1v) is 7.69. The van der Waals surface area contributed by atoms with Crippen molar-refractivity contribution in [3.05, 3.63) is 23.8 Å². The van der Waals surface area contributed by atoms with Crippen LogP contribution in [0.4, 0.5) is 5.69 Å². The lowest BCUT2D eigenvalue weighted by atomic mass is 10.1. The molecule has 118 valence electrons. The summed E-state index contributed by atoms with van der Waals surface area (Å²) in [6.07, 6.45) is 0. The normalized spacial score (nSPS) is 13.2. The summed E-state index contributed by atoms with van der Waals surface area (Å²) in [5.41, 5.74) is 0.255. The van der Waals surface area contributed by atoms with Gasteiger partial charge < -0.3 is 15.2 Å². The number of benzene rings is 1. The number of nitrogens with one attached hydrogen (secondary N) is 1. The van der Waals surface area contributed by atoms with Gasteiger partial charge >= 0.3 is 5.97 Å². The number of carboxylic acid groups (broad SMARTS) is 1. The maximum Gasteiger partial charge on any atom is 0.337 e. The van der Waals surface area contributed by atoms with Crippen LogP contribution < -0.4 is 5.32 Å². The number of hydrogen-bond donors (Lipinski definition) is 2. The van der Waals surface area contributed by atoms with Crippen molar-refractivity contribution in [2.75, 3.05) is 33.1 Å². The molecule has 0 aromatic heterocycles. The summed E-state index contributed by atoms with van der Waals surface area (Å²) < 4.78 is 30.1. The van der Waals surface area contributed by atoms with Crippen molar-refractivity contribution in [2.45, 2.75) is 17.9 Å². The van der Waals surface area contributed by atoms with Gasteiger partial charge in [-0.3, -0.25) is 0 Å². The monoisotopic (exact) mass is 316 g/mol. The topological polar surface area (TPSA) is 95.9 Å². The highest BCUT2D eigenvalue weighted by Gasteiger charge is 2.21. The van der Waals surface area contributed by atoms with Crippen molar-refractivity contribution < 1.29 is 23.1 Å². The van der Waals surface area contributed by atoms with Crippen LogP contribution in [0.2, 0.25) is 0 Å². The lowest BCUT2D eigenvalue weighted by Gasteiger charge is -2.17. The van der Waals surface area contributed by atoms with Gasteiger partial charge in [-0.15, -0.1) is 0 Å². The van der Waals surface area contributed by atoms with Crippen LogP contribution in [-0.2, 0) is 14.8 Å². The SMILES string of the molecule is COCC(C)Nc1ccc(S(=O)(=O)N(C)C)cc1C(=O)O. The maximum absolute atomic E-state index is 12.0. The minimum absolute atomic E-state index is 0.0603. The quantitative estimate of drug-likeness (QED) is 0.781. The van der Waals surface area contributed by atoms with Gasteiger partial charge in [-0.1, -0.05) is 0 Å². The Morgan fingerprint density at radius 3 is 2.52 bits per heavy atom. The highest BCUT2D eigenvalue weighted by molar-refractivity contribution is 7.89. The van der Waals surface area contributed by atoms with Crippen LogP contribution >= 0.6 is 0 Å². The van der Waals surface area contributed by atoms with E-state index in [1.807, 2.05) is 6.92 Å². The highest BCUT2D eigenvalue weighted by Crippen LogP contribution is 2.23. The lowest BCUT2D eigenvalue weighted by Crippen LogP contribution is -2.24. The zero-order chi connectivity index (χ0) is 16.2. The fourth-order valence-corrected chi connectivity index (χ4v) is 2.68. The molecule has 0 aliphatic rings. The third-order valence-corrected chi connectivity index (χ3v) is 4.63. The van der Waals surface area contributed by atoms with Gasteiger partial charge in [-0.05, 0) is 25.1 Å². The second kappa shape index (κ2) is 6.88. The van der Waals surface area contributed by atoms with Gasteiger partial charge in [0.2, 0.25) is 10.0 Å². The van der Waals surface area contributed by atoms with Crippen LogP contribution in [-0.4, -0.2) is 57.7 Å². The predicted octanol–water partition coefficient (Wildman–Crippen LogP) is 1.08. The smallest absolute Gasteiger partial charge is 0.337 e. The van der Waals surface area contributed by atoms with E-state index in [9.17, 15) is 18.3 Å². The molecule has 0 radical (unpaired) electrons. The minimum Gasteiger partial charge on any atom is -0.478 e. The van der Waals surface area contributed by atoms with Crippen molar-refractivity contribution in [3.8, 4) is 0 Å². The molecule has 0 aliphatic heterocycles. The van der Waals surface area contributed by atoms with Crippen molar-refractivity contribution in [1.82, 2.24) is 4.31 Å². The predicted molar refractivity (Wildman–Crippen MR) is 79.2 cm³/mol. The molecule has 1 aromatic carbocycles. The first-order chi connectivity index (χ1) is 9.70. The Morgan fingerprint density at radius 2 is 2.05 bits per heavy atom. The standard InChI is InChI=1S/C13H20N2O5S/c1-9(8-20-4)14-12-6-5-10(7-11(12)13(16)17)21(18,19)15(2)3/h5-7,9,14H,8H2,1-4H3,(H,16,17). The largest absolute Gasteiger partial charge is 0.478 e. The summed E-state index contributed by atoms with van der Waals surface area (Å²) in [4.78, 5) is 11.3. The fraction of sp³-hybridized carbons (Fsp3) is 0.462. The third-order valence-electron chi connectivity index (χ3n) is 2.82. The summed E-state index contributed by atoms with van der Waals surface area (Å²) in [7, 11) is 0.657. The second-order valence-electron chi connectivity index (χ2n) is 4.80. The molecule has 0 amide bonds. The van der Waals surface area contributed by atoms with Gasteiger partial charge in [-0.2, -0.15) is 0 Å². The number of anilines is 1. The molecule has 0 saturated heterocycles. The van der Waals surface area contributed by atoms with Gasteiger partial charge in [0.05, 0.1) is 17.1 Å². The number of methoxy groups -OCH3 is 1. The van der Waals surface area contributed by atoms with E-state index in [1.54, 1.807) is 7.11 Å². The van der Waals surface area contributed by atoms with E-state index in [4.69, 9.17) is 4.74 Å². The first-order valence-electron chi connectivity index (χ1n) is 6.25. The highest BCUT2D eigenvalue weighted by atomic mass is 32.2. The Kier molecular flexibility index (Phi) is 5.70. The number of sulfonamides is 1. The first kappa shape index (κ1) is 17.4. The van der Waals surface area contributed by atoms with Gasteiger partial charge in [-0.25, -0.2) is 17.5 Å². The van der Waals surface area contributed by atoms with Crippen LogP contribution in [0.5, 0.6) is 0 Å². The summed E-state index contributed by atoms with van der Waals surface area (Å²) in [5, 5.41) is 12.2. The van der Waals surface area contributed by atoms with Crippen molar-refractivity contribution in [1.29, 1.82) is 0 Å².